The molecule has 0 amide bonds. The van der Waals surface area contributed by atoms with E-state index in [4.69, 9.17) is 4.74 Å². The van der Waals surface area contributed by atoms with Crippen LogP contribution in [0.25, 0.3) is 10.9 Å². The number of H-pyrrole nitrogens is 1. The Kier molecular flexibility index (Phi) is 5.43. The number of carbonyl (C=O) groups excluding carboxylic acids is 1. The van der Waals surface area contributed by atoms with Crippen molar-refractivity contribution in [1.29, 1.82) is 0 Å². The topological polar surface area (TPSA) is 76.5 Å². The van der Waals surface area contributed by atoms with E-state index in [0.717, 1.165) is 18.7 Å². The van der Waals surface area contributed by atoms with Crippen molar-refractivity contribution < 1.29 is 14.4 Å². The quantitative estimate of drug-likeness (QED) is 0.656. The first-order valence-corrected chi connectivity index (χ1v) is 8.59. The lowest BCUT2D eigenvalue weighted by Gasteiger charge is -2.17. The predicted octanol–water partition coefficient (Wildman–Crippen LogP) is 1.31. The number of nitrogens with one attached hydrogen (secondary N) is 2. The molecule has 0 fully saturated rings. The third-order valence-corrected chi connectivity index (χ3v) is 4.38. The molecular weight excluding hydrogens is 330 g/mol. The Balaban J connectivity index is 1.80. The highest BCUT2D eigenvalue weighted by atomic mass is 16.5. The second kappa shape index (κ2) is 7.93. The highest BCUT2D eigenvalue weighted by Gasteiger charge is 2.13. The minimum Gasteiger partial charge on any atom is -0.465 e. The van der Waals surface area contributed by atoms with E-state index in [-0.39, 0.29) is 11.5 Å². The van der Waals surface area contributed by atoms with E-state index in [1.54, 1.807) is 12.1 Å². The number of benzene rings is 2. The zero-order valence-electron chi connectivity index (χ0n) is 14.9. The summed E-state index contributed by atoms with van der Waals surface area (Å²) >= 11 is 0. The fourth-order valence-electron chi connectivity index (χ4n) is 2.98. The molecular formula is C20H22N3O3+. The van der Waals surface area contributed by atoms with E-state index in [1.165, 1.54) is 12.0 Å². The van der Waals surface area contributed by atoms with Crippen LogP contribution in [0.1, 0.15) is 28.7 Å². The summed E-state index contributed by atoms with van der Waals surface area (Å²) in [6.07, 6.45) is 0. The summed E-state index contributed by atoms with van der Waals surface area (Å²) in [7, 11) is 1.38. The summed E-state index contributed by atoms with van der Waals surface area (Å²) in [5, 5.41) is 0.597. The summed E-state index contributed by atoms with van der Waals surface area (Å²) in [6, 6.07) is 14.7. The van der Waals surface area contributed by atoms with Crippen molar-refractivity contribution in [2.45, 2.75) is 20.0 Å². The first-order valence-electron chi connectivity index (χ1n) is 8.59. The van der Waals surface area contributed by atoms with Crippen molar-refractivity contribution in [2.24, 2.45) is 0 Å². The average Bonchev–Trinajstić information content (AvgIpc) is 2.67. The van der Waals surface area contributed by atoms with Crippen LogP contribution in [0.4, 0.5) is 0 Å². The van der Waals surface area contributed by atoms with Gasteiger partial charge < -0.3 is 14.6 Å². The van der Waals surface area contributed by atoms with Crippen molar-refractivity contribution in [3.8, 4) is 0 Å². The number of ether oxygens (including phenoxy) is 1. The molecule has 134 valence electrons. The Hall–Kier alpha value is -2.99. The van der Waals surface area contributed by atoms with Crippen LogP contribution in [0.15, 0.2) is 53.3 Å². The third kappa shape index (κ3) is 3.97. The van der Waals surface area contributed by atoms with Crippen LogP contribution in [0.3, 0.4) is 0 Å². The smallest absolute Gasteiger partial charge is 0.337 e. The van der Waals surface area contributed by atoms with Gasteiger partial charge in [0.15, 0.2) is 5.82 Å². The summed E-state index contributed by atoms with van der Waals surface area (Å²) < 4.78 is 4.78. The number of nitrogens with zero attached hydrogens (tertiary/aromatic N) is 1. The van der Waals surface area contributed by atoms with E-state index in [9.17, 15) is 9.59 Å². The maximum Gasteiger partial charge on any atom is 0.337 e. The molecule has 0 bridgehead atoms. The van der Waals surface area contributed by atoms with Gasteiger partial charge in [0.2, 0.25) is 0 Å². The van der Waals surface area contributed by atoms with Crippen LogP contribution in [0.5, 0.6) is 0 Å². The molecule has 1 atom stereocenters. The number of hydrogen-bond donors (Lipinski definition) is 2. The van der Waals surface area contributed by atoms with Gasteiger partial charge in [0.1, 0.15) is 13.1 Å². The number of fused-ring (bicyclic) bond motifs is 1. The highest BCUT2D eigenvalue weighted by Crippen LogP contribution is 2.07. The summed E-state index contributed by atoms with van der Waals surface area (Å²) in [5.74, 6) is 0.320. The maximum absolute atomic E-state index is 12.2. The molecule has 1 unspecified atom stereocenters. The molecule has 1 heterocycles. The first kappa shape index (κ1) is 17.8. The van der Waals surface area contributed by atoms with E-state index in [2.05, 4.69) is 16.9 Å². The number of quaternary nitrogens is 1. The molecule has 0 saturated heterocycles. The summed E-state index contributed by atoms with van der Waals surface area (Å²) in [4.78, 5) is 32.6. The molecule has 6 nitrogen and oxygen atoms in total. The summed E-state index contributed by atoms with van der Waals surface area (Å²) in [6.45, 7) is 4.26. The fourth-order valence-corrected chi connectivity index (χ4v) is 2.98. The first-order chi connectivity index (χ1) is 12.6. The number of para-hydroxylation sites is 1. The van der Waals surface area contributed by atoms with Gasteiger partial charge in [0.25, 0.3) is 5.56 Å². The number of aromatic nitrogens is 2. The van der Waals surface area contributed by atoms with Gasteiger partial charge >= 0.3 is 5.97 Å². The second-order valence-corrected chi connectivity index (χ2v) is 6.18. The van der Waals surface area contributed by atoms with Gasteiger partial charge in [-0.3, -0.25) is 4.79 Å². The van der Waals surface area contributed by atoms with Crippen molar-refractivity contribution in [2.75, 3.05) is 13.7 Å². The second-order valence-electron chi connectivity index (χ2n) is 6.18. The largest absolute Gasteiger partial charge is 0.465 e. The van der Waals surface area contributed by atoms with Crippen LogP contribution in [-0.4, -0.2) is 29.6 Å². The molecule has 1 aromatic heterocycles. The zero-order chi connectivity index (χ0) is 18.5. The van der Waals surface area contributed by atoms with E-state index < -0.39 is 0 Å². The Bertz CT molecular complexity index is 981. The Morgan fingerprint density at radius 1 is 1.15 bits per heavy atom. The maximum atomic E-state index is 12.2. The number of esters is 1. The molecule has 0 aliphatic heterocycles. The normalized spacial score (nSPS) is 12.1. The molecule has 2 N–H and O–H groups in total. The molecule has 3 aromatic rings. The molecule has 26 heavy (non-hydrogen) atoms. The van der Waals surface area contributed by atoms with Crippen LogP contribution in [0, 0.1) is 0 Å². The molecule has 0 saturated carbocycles. The van der Waals surface area contributed by atoms with Gasteiger partial charge in [-0.2, -0.15) is 0 Å². The average molecular weight is 352 g/mol. The SMILES string of the molecule is CC[NH+](Cc1cccc(C(=O)OC)c1)Cc1nc2ccccc2c(=O)[nH]1. The van der Waals surface area contributed by atoms with Crippen LogP contribution >= 0.6 is 0 Å². The Morgan fingerprint density at radius 3 is 2.73 bits per heavy atom. The van der Waals surface area contributed by atoms with E-state index >= 15 is 0 Å². The van der Waals surface area contributed by atoms with E-state index in [1.807, 2.05) is 36.4 Å². The van der Waals surface area contributed by atoms with Crippen LogP contribution in [0.2, 0.25) is 0 Å². The zero-order valence-corrected chi connectivity index (χ0v) is 14.9. The predicted molar refractivity (Wildman–Crippen MR) is 99.1 cm³/mol. The number of aromatic amines is 1. The van der Waals surface area contributed by atoms with Gasteiger partial charge in [-0.25, -0.2) is 9.78 Å². The van der Waals surface area contributed by atoms with Gasteiger partial charge in [-0.15, -0.1) is 0 Å². The minimum absolute atomic E-state index is 0.117. The fraction of sp³-hybridized carbons (Fsp3) is 0.250. The molecule has 0 aliphatic rings. The monoisotopic (exact) mass is 352 g/mol. The molecule has 6 heteroatoms. The number of methoxy groups -OCH3 is 1. The van der Waals surface area contributed by atoms with Crippen molar-refractivity contribution in [3.63, 3.8) is 0 Å². The Morgan fingerprint density at radius 2 is 1.96 bits per heavy atom. The Labute approximate surface area is 151 Å². The van der Waals surface area contributed by atoms with Crippen molar-refractivity contribution >= 4 is 16.9 Å². The van der Waals surface area contributed by atoms with Crippen molar-refractivity contribution in [1.82, 2.24) is 9.97 Å². The lowest BCUT2D eigenvalue weighted by atomic mass is 10.1. The lowest BCUT2D eigenvalue weighted by molar-refractivity contribution is -0.926. The number of hydrogen-bond acceptors (Lipinski definition) is 4. The standard InChI is InChI=1S/C20H21N3O3/c1-3-23(12-14-7-6-8-15(11-14)20(25)26-2)13-18-21-17-10-5-4-9-16(17)19(24)22-18/h4-11H,3,12-13H2,1-2H3,(H,21,22,24)/p+1. The highest BCUT2D eigenvalue weighted by molar-refractivity contribution is 5.89. The van der Waals surface area contributed by atoms with Gasteiger partial charge in [0.05, 0.1) is 30.1 Å². The van der Waals surface area contributed by atoms with Crippen LogP contribution in [-0.2, 0) is 17.8 Å². The summed E-state index contributed by atoms with van der Waals surface area (Å²) in [5.41, 5.74) is 2.16. The van der Waals surface area contributed by atoms with Gasteiger partial charge in [-0.1, -0.05) is 24.3 Å². The third-order valence-electron chi connectivity index (χ3n) is 4.38. The minimum atomic E-state index is -0.342. The van der Waals surface area contributed by atoms with Gasteiger partial charge in [0, 0.05) is 5.56 Å². The van der Waals surface area contributed by atoms with Gasteiger partial charge in [-0.05, 0) is 31.2 Å². The molecule has 3 rings (SSSR count). The van der Waals surface area contributed by atoms with E-state index in [0.29, 0.717) is 28.8 Å². The molecule has 2 aromatic carbocycles. The number of rotatable bonds is 6. The van der Waals surface area contributed by atoms with Crippen LogP contribution < -0.4 is 10.5 Å². The molecule has 0 radical (unpaired) electrons. The number of carbonyl (C=O) groups is 1. The van der Waals surface area contributed by atoms with Crippen molar-refractivity contribution in [3.05, 3.63) is 75.8 Å². The lowest BCUT2D eigenvalue weighted by Crippen LogP contribution is -3.09. The molecule has 0 spiro atoms. The molecule has 0 aliphatic carbocycles.